The molecule has 0 radical (unpaired) electrons. The van der Waals surface area contributed by atoms with Crippen molar-refractivity contribution in [2.24, 2.45) is 0 Å². The fraction of sp³-hybridized carbons (Fsp3) is 0.250. The minimum atomic E-state index is -3.93. The van der Waals surface area contributed by atoms with Crippen LogP contribution >= 0.6 is 11.6 Å². The van der Waals surface area contributed by atoms with Crippen LogP contribution in [-0.4, -0.2) is 25.2 Å². The van der Waals surface area contributed by atoms with E-state index in [4.69, 9.17) is 21.8 Å². The number of benzene rings is 1. The highest BCUT2D eigenvalue weighted by molar-refractivity contribution is 7.86. The van der Waals surface area contributed by atoms with Gasteiger partial charge in [-0.05, 0) is 13.0 Å². The van der Waals surface area contributed by atoms with E-state index in [0.29, 0.717) is 0 Å². The van der Waals surface area contributed by atoms with Crippen molar-refractivity contribution in [3.63, 3.8) is 0 Å². The predicted molar refractivity (Wildman–Crippen MR) is 53.6 cm³/mol. The first kappa shape index (κ1) is 12.1. The van der Waals surface area contributed by atoms with E-state index in [0.717, 1.165) is 12.1 Å². The molecule has 0 aliphatic carbocycles. The van der Waals surface area contributed by atoms with Crippen LogP contribution in [0.3, 0.4) is 0 Å². The zero-order chi connectivity index (χ0) is 11.6. The van der Waals surface area contributed by atoms with E-state index in [1.165, 1.54) is 6.92 Å². The standard InChI is InChI=1S/C8H9ClO5S/c1-2-14-15(12,13)5-3-6(9)8(11)7(10)4-5/h3-4,10-11H,2H2,1H3. The highest BCUT2D eigenvalue weighted by Crippen LogP contribution is 2.35. The van der Waals surface area contributed by atoms with Gasteiger partial charge < -0.3 is 10.2 Å². The Bertz CT molecular complexity index is 445. The van der Waals surface area contributed by atoms with Crippen molar-refractivity contribution in [3.8, 4) is 11.5 Å². The van der Waals surface area contributed by atoms with Crippen molar-refractivity contribution >= 4 is 21.7 Å². The third-order valence-electron chi connectivity index (χ3n) is 1.58. The van der Waals surface area contributed by atoms with Crippen LogP contribution in [0.25, 0.3) is 0 Å². The Kier molecular flexibility index (Phi) is 3.43. The van der Waals surface area contributed by atoms with Gasteiger partial charge in [0.25, 0.3) is 10.1 Å². The molecule has 0 aliphatic rings. The molecule has 5 nitrogen and oxygen atoms in total. The largest absolute Gasteiger partial charge is 0.504 e. The second kappa shape index (κ2) is 4.26. The molecule has 15 heavy (non-hydrogen) atoms. The molecule has 84 valence electrons. The number of hydrogen-bond acceptors (Lipinski definition) is 5. The average Bonchev–Trinajstić information content (AvgIpc) is 2.13. The van der Waals surface area contributed by atoms with E-state index < -0.39 is 21.6 Å². The minimum absolute atomic E-state index is 0.0262. The highest BCUT2D eigenvalue weighted by atomic mass is 35.5. The SMILES string of the molecule is CCOS(=O)(=O)c1cc(O)c(O)c(Cl)c1. The van der Waals surface area contributed by atoms with Crippen molar-refractivity contribution in [2.45, 2.75) is 11.8 Å². The molecule has 0 saturated carbocycles. The summed E-state index contributed by atoms with van der Waals surface area (Å²) in [4.78, 5) is -0.301. The van der Waals surface area contributed by atoms with Gasteiger partial charge in [-0.25, -0.2) is 0 Å². The topological polar surface area (TPSA) is 83.8 Å². The molecule has 0 spiro atoms. The Balaban J connectivity index is 3.29. The van der Waals surface area contributed by atoms with Crippen LogP contribution < -0.4 is 0 Å². The van der Waals surface area contributed by atoms with E-state index in [2.05, 4.69) is 4.18 Å². The summed E-state index contributed by atoms with van der Waals surface area (Å²) in [6.07, 6.45) is 0. The molecule has 0 aliphatic heterocycles. The predicted octanol–water partition coefficient (Wildman–Crippen LogP) is 1.48. The summed E-state index contributed by atoms with van der Waals surface area (Å²) in [6.45, 7) is 1.49. The van der Waals surface area contributed by atoms with Crippen molar-refractivity contribution in [3.05, 3.63) is 17.2 Å². The fourth-order valence-electron chi connectivity index (χ4n) is 0.928. The summed E-state index contributed by atoms with van der Waals surface area (Å²) in [7, 11) is -3.93. The van der Waals surface area contributed by atoms with Crippen LogP contribution in [0.4, 0.5) is 0 Å². The first-order chi connectivity index (χ1) is 6.88. The van der Waals surface area contributed by atoms with Gasteiger partial charge in [-0.3, -0.25) is 4.18 Å². The maximum absolute atomic E-state index is 11.4. The minimum Gasteiger partial charge on any atom is -0.504 e. The summed E-state index contributed by atoms with van der Waals surface area (Å²) in [5.41, 5.74) is 0. The lowest BCUT2D eigenvalue weighted by Gasteiger charge is -2.06. The monoisotopic (exact) mass is 252 g/mol. The molecular formula is C8H9ClO5S. The first-order valence-corrected chi connectivity index (χ1v) is 5.78. The van der Waals surface area contributed by atoms with E-state index in [-0.39, 0.29) is 16.5 Å². The van der Waals surface area contributed by atoms with Crippen molar-refractivity contribution in [1.82, 2.24) is 0 Å². The van der Waals surface area contributed by atoms with Gasteiger partial charge in [-0.15, -0.1) is 0 Å². The Hall–Kier alpha value is -0.980. The third-order valence-corrected chi connectivity index (χ3v) is 3.23. The van der Waals surface area contributed by atoms with Crippen molar-refractivity contribution in [2.75, 3.05) is 6.61 Å². The van der Waals surface area contributed by atoms with E-state index in [9.17, 15) is 8.42 Å². The Labute approximate surface area is 92.0 Å². The molecule has 0 amide bonds. The van der Waals surface area contributed by atoms with Gasteiger partial charge in [0.05, 0.1) is 16.5 Å². The zero-order valence-corrected chi connectivity index (χ0v) is 9.34. The van der Waals surface area contributed by atoms with Gasteiger partial charge in [0.2, 0.25) is 0 Å². The summed E-state index contributed by atoms with van der Waals surface area (Å²) in [5.74, 6) is -1.17. The Morgan fingerprint density at radius 3 is 2.47 bits per heavy atom. The van der Waals surface area contributed by atoms with Crippen molar-refractivity contribution < 1.29 is 22.8 Å². The normalized spacial score (nSPS) is 11.6. The van der Waals surface area contributed by atoms with Gasteiger partial charge in [0.1, 0.15) is 0 Å². The molecule has 7 heteroatoms. The Morgan fingerprint density at radius 1 is 1.40 bits per heavy atom. The summed E-state index contributed by atoms with van der Waals surface area (Å²) < 4.78 is 27.2. The van der Waals surface area contributed by atoms with E-state index >= 15 is 0 Å². The smallest absolute Gasteiger partial charge is 0.297 e. The maximum atomic E-state index is 11.4. The van der Waals surface area contributed by atoms with Gasteiger partial charge >= 0.3 is 0 Å². The van der Waals surface area contributed by atoms with Gasteiger partial charge in [-0.1, -0.05) is 11.6 Å². The van der Waals surface area contributed by atoms with Crippen LogP contribution in [0.5, 0.6) is 11.5 Å². The third kappa shape index (κ3) is 2.53. The molecule has 0 atom stereocenters. The molecule has 0 aromatic heterocycles. The van der Waals surface area contributed by atoms with Crippen LogP contribution in [0.2, 0.25) is 5.02 Å². The second-order valence-corrected chi connectivity index (χ2v) is 4.66. The molecule has 0 bridgehead atoms. The van der Waals surface area contributed by atoms with Crippen molar-refractivity contribution in [1.29, 1.82) is 0 Å². The molecule has 0 unspecified atom stereocenters. The Morgan fingerprint density at radius 2 is 2.00 bits per heavy atom. The molecular weight excluding hydrogens is 244 g/mol. The molecule has 1 aromatic carbocycles. The average molecular weight is 253 g/mol. The number of halogens is 1. The van der Waals surface area contributed by atoms with Gasteiger partial charge in [0.15, 0.2) is 11.5 Å². The summed E-state index contributed by atoms with van der Waals surface area (Å²) in [5, 5.41) is 18.0. The molecule has 0 fully saturated rings. The lowest BCUT2D eigenvalue weighted by molar-refractivity contribution is 0.337. The molecule has 2 N–H and O–H groups in total. The van der Waals surface area contributed by atoms with Crippen LogP contribution in [0.1, 0.15) is 6.92 Å². The van der Waals surface area contributed by atoms with Crippen LogP contribution in [0, 0.1) is 0 Å². The molecule has 0 saturated heterocycles. The number of hydrogen-bond donors (Lipinski definition) is 2. The van der Waals surface area contributed by atoms with Gasteiger partial charge in [0, 0.05) is 6.07 Å². The number of phenols is 2. The second-order valence-electron chi connectivity index (χ2n) is 2.63. The van der Waals surface area contributed by atoms with E-state index in [1.807, 2.05) is 0 Å². The molecule has 1 rings (SSSR count). The number of rotatable bonds is 3. The lowest BCUT2D eigenvalue weighted by Crippen LogP contribution is -2.05. The quantitative estimate of drug-likeness (QED) is 0.629. The number of aromatic hydroxyl groups is 2. The van der Waals surface area contributed by atoms with Crippen LogP contribution in [0.15, 0.2) is 17.0 Å². The molecule has 1 aromatic rings. The molecule has 0 heterocycles. The zero-order valence-electron chi connectivity index (χ0n) is 7.77. The number of phenolic OH excluding ortho intramolecular Hbond substituents is 2. The maximum Gasteiger partial charge on any atom is 0.297 e. The van der Waals surface area contributed by atoms with Gasteiger partial charge in [-0.2, -0.15) is 8.42 Å². The van der Waals surface area contributed by atoms with Crippen LogP contribution in [-0.2, 0) is 14.3 Å². The summed E-state index contributed by atoms with van der Waals surface area (Å²) >= 11 is 5.50. The lowest BCUT2D eigenvalue weighted by atomic mass is 10.3. The highest BCUT2D eigenvalue weighted by Gasteiger charge is 2.18. The van der Waals surface area contributed by atoms with E-state index in [1.54, 1.807) is 0 Å². The first-order valence-electron chi connectivity index (χ1n) is 3.99. The summed E-state index contributed by atoms with van der Waals surface area (Å²) in [6, 6.07) is 1.87. The fourth-order valence-corrected chi connectivity index (χ4v) is 2.17.